The molecule has 1 amide bonds. The normalized spacial score (nSPS) is 20.6. The van der Waals surface area contributed by atoms with E-state index in [1.54, 1.807) is 11.5 Å². The fourth-order valence-corrected chi connectivity index (χ4v) is 5.07. The zero-order chi connectivity index (χ0) is 18.2. The zero-order valence-corrected chi connectivity index (χ0v) is 16.5. The second kappa shape index (κ2) is 7.23. The maximum absolute atomic E-state index is 12.8. The number of benzene rings is 1. The van der Waals surface area contributed by atoms with Crippen LogP contribution in [0.5, 0.6) is 0 Å². The number of amides is 1. The van der Waals surface area contributed by atoms with E-state index in [1.165, 1.54) is 24.0 Å². The Morgan fingerprint density at radius 1 is 1.07 bits per heavy atom. The van der Waals surface area contributed by atoms with Crippen LogP contribution in [0.4, 0.5) is 5.13 Å². The molecule has 2 aliphatic heterocycles. The van der Waals surface area contributed by atoms with Gasteiger partial charge in [0.2, 0.25) is 11.0 Å². The summed E-state index contributed by atoms with van der Waals surface area (Å²) in [6.45, 7) is 3.65. The summed E-state index contributed by atoms with van der Waals surface area (Å²) in [6, 6.07) is 8.51. The van der Waals surface area contributed by atoms with Crippen molar-refractivity contribution in [1.29, 1.82) is 0 Å². The van der Waals surface area contributed by atoms with Gasteiger partial charge in [-0.1, -0.05) is 24.3 Å². The van der Waals surface area contributed by atoms with Gasteiger partial charge in [0, 0.05) is 50.1 Å². The number of anilines is 1. The first kappa shape index (κ1) is 17.2. The Bertz CT molecular complexity index is 823. The van der Waals surface area contributed by atoms with Crippen LogP contribution < -0.4 is 4.90 Å². The molecule has 2 aromatic rings. The molecule has 0 bridgehead atoms. The van der Waals surface area contributed by atoms with E-state index in [0.29, 0.717) is 24.2 Å². The van der Waals surface area contributed by atoms with Crippen molar-refractivity contribution in [3.05, 3.63) is 41.2 Å². The first-order valence-electron chi connectivity index (χ1n) is 10.2. The Morgan fingerprint density at radius 3 is 2.63 bits per heavy atom. The molecule has 2 fully saturated rings. The number of nitrogens with zero attached hydrogens (tertiary/aromatic N) is 4. The van der Waals surface area contributed by atoms with Gasteiger partial charge in [0.25, 0.3) is 0 Å². The monoisotopic (exact) mass is 382 g/mol. The Balaban J connectivity index is 1.13. The molecule has 1 aromatic heterocycles. The molecule has 1 saturated heterocycles. The van der Waals surface area contributed by atoms with Crippen LogP contribution in [0.1, 0.15) is 55.0 Å². The summed E-state index contributed by atoms with van der Waals surface area (Å²) < 4.78 is 4.53. The number of aromatic nitrogens is 2. The van der Waals surface area contributed by atoms with E-state index in [4.69, 9.17) is 4.98 Å². The topological polar surface area (TPSA) is 49.3 Å². The van der Waals surface area contributed by atoms with Gasteiger partial charge in [-0.15, -0.1) is 0 Å². The van der Waals surface area contributed by atoms with Crippen LogP contribution in [0.25, 0.3) is 0 Å². The van der Waals surface area contributed by atoms with E-state index in [9.17, 15) is 4.79 Å². The lowest BCUT2D eigenvalue weighted by Gasteiger charge is -2.34. The van der Waals surface area contributed by atoms with Gasteiger partial charge in [0.05, 0.1) is 0 Å². The minimum atomic E-state index is 0.329. The third kappa shape index (κ3) is 3.72. The highest BCUT2D eigenvalue weighted by Crippen LogP contribution is 2.40. The molecule has 1 saturated carbocycles. The number of fused-ring (bicyclic) bond motifs is 1. The van der Waals surface area contributed by atoms with Crippen molar-refractivity contribution in [2.45, 2.75) is 51.0 Å². The third-order valence-electron chi connectivity index (χ3n) is 6.21. The maximum Gasteiger partial charge on any atom is 0.223 e. The highest BCUT2D eigenvalue weighted by Gasteiger charge is 2.30. The molecule has 5 nitrogen and oxygen atoms in total. The molecule has 0 atom stereocenters. The van der Waals surface area contributed by atoms with Crippen molar-refractivity contribution in [2.75, 3.05) is 24.5 Å². The average molecular weight is 383 g/mol. The van der Waals surface area contributed by atoms with Crippen LogP contribution >= 0.6 is 11.5 Å². The molecule has 0 radical (unpaired) electrons. The predicted molar refractivity (Wildman–Crippen MR) is 107 cm³/mol. The first-order valence-corrected chi connectivity index (χ1v) is 11.0. The number of rotatable bonds is 4. The van der Waals surface area contributed by atoms with Crippen molar-refractivity contribution >= 4 is 22.6 Å². The highest BCUT2D eigenvalue weighted by atomic mass is 32.1. The van der Waals surface area contributed by atoms with E-state index < -0.39 is 0 Å². The first-order chi connectivity index (χ1) is 13.3. The molecule has 0 unspecified atom stereocenters. The number of carbonyl (C=O) groups excluding carboxylic acids is 1. The van der Waals surface area contributed by atoms with Crippen molar-refractivity contribution in [1.82, 2.24) is 14.3 Å². The second-order valence-corrected chi connectivity index (χ2v) is 8.91. The van der Waals surface area contributed by atoms with Crippen LogP contribution in [0.3, 0.4) is 0 Å². The zero-order valence-electron chi connectivity index (χ0n) is 15.6. The van der Waals surface area contributed by atoms with Gasteiger partial charge in [-0.3, -0.25) is 4.79 Å². The van der Waals surface area contributed by atoms with Crippen LogP contribution in [0, 0.1) is 5.92 Å². The van der Waals surface area contributed by atoms with E-state index in [1.807, 2.05) is 0 Å². The molecular weight excluding hydrogens is 356 g/mol. The Kier molecular flexibility index (Phi) is 4.60. The Labute approximate surface area is 164 Å². The van der Waals surface area contributed by atoms with Crippen LogP contribution in [0.15, 0.2) is 24.3 Å². The molecule has 3 aliphatic rings. The Morgan fingerprint density at radius 2 is 1.85 bits per heavy atom. The molecule has 5 rings (SSSR count). The quantitative estimate of drug-likeness (QED) is 0.811. The van der Waals surface area contributed by atoms with E-state index in [0.717, 1.165) is 56.4 Å². The molecule has 3 heterocycles. The number of hydrogen-bond donors (Lipinski definition) is 0. The minimum Gasteiger partial charge on any atom is -0.347 e. The van der Waals surface area contributed by atoms with Crippen molar-refractivity contribution in [2.24, 2.45) is 5.92 Å². The van der Waals surface area contributed by atoms with E-state index in [-0.39, 0.29) is 0 Å². The molecule has 27 heavy (non-hydrogen) atoms. The Hall–Kier alpha value is -1.95. The maximum atomic E-state index is 12.8. The number of carbonyl (C=O) groups is 1. The van der Waals surface area contributed by atoms with Crippen molar-refractivity contribution in [3.8, 4) is 0 Å². The molecule has 1 aromatic carbocycles. The van der Waals surface area contributed by atoms with E-state index in [2.05, 4.69) is 38.4 Å². The van der Waals surface area contributed by atoms with Gasteiger partial charge in [0.15, 0.2) is 0 Å². The predicted octanol–water partition coefficient (Wildman–Crippen LogP) is 3.61. The summed E-state index contributed by atoms with van der Waals surface area (Å²) in [5, 5.41) is 1.08. The summed E-state index contributed by atoms with van der Waals surface area (Å²) in [4.78, 5) is 22.0. The summed E-state index contributed by atoms with van der Waals surface area (Å²) in [5.74, 6) is 2.51. The lowest BCUT2D eigenvalue weighted by atomic mass is 9.92. The van der Waals surface area contributed by atoms with Crippen molar-refractivity contribution < 1.29 is 4.79 Å². The van der Waals surface area contributed by atoms with Gasteiger partial charge in [-0.2, -0.15) is 4.37 Å². The van der Waals surface area contributed by atoms with E-state index >= 15 is 0 Å². The lowest BCUT2D eigenvalue weighted by molar-refractivity contribution is -0.133. The number of piperidine rings is 1. The molecule has 142 valence electrons. The highest BCUT2D eigenvalue weighted by molar-refractivity contribution is 7.09. The minimum absolute atomic E-state index is 0.329. The summed E-state index contributed by atoms with van der Waals surface area (Å²) in [5.41, 5.74) is 2.71. The fourth-order valence-electron chi connectivity index (χ4n) is 4.28. The summed E-state index contributed by atoms with van der Waals surface area (Å²) in [6.07, 6.45) is 6.34. The second-order valence-electron chi connectivity index (χ2n) is 8.18. The van der Waals surface area contributed by atoms with Crippen molar-refractivity contribution in [3.63, 3.8) is 0 Å². The van der Waals surface area contributed by atoms with Crippen LogP contribution in [-0.2, 0) is 17.8 Å². The van der Waals surface area contributed by atoms with Gasteiger partial charge in [0.1, 0.15) is 5.82 Å². The standard InChI is InChI=1S/C21H26N4OS/c26-19(25-12-9-16-3-1-2-4-18(16)14-25)13-15-7-10-24(11-8-15)21-22-20(23-27-21)17-5-6-17/h1-4,15,17H,5-14H2. The number of hydrogen-bond acceptors (Lipinski definition) is 5. The van der Waals surface area contributed by atoms with Crippen LogP contribution in [0.2, 0.25) is 0 Å². The van der Waals surface area contributed by atoms with Gasteiger partial charge < -0.3 is 9.80 Å². The average Bonchev–Trinajstić information content (AvgIpc) is 3.45. The van der Waals surface area contributed by atoms with Gasteiger partial charge >= 0.3 is 0 Å². The largest absolute Gasteiger partial charge is 0.347 e. The third-order valence-corrected chi connectivity index (χ3v) is 7.00. The SMILES string of the molecule is O=C(CC1CCN(c2nc(C3CC3)ns2)CC1)N1CCc2ccccc2C1. The summed E-state index contributed by atoms with van der Waals surface area (Å²) in [7, 11) is 0. The van der Waals surface area contributed by atoms with Gasteiger partial charge in [-0.05, 0) is 49.1 Å². The molecule has 1 aliphatic carbocycles. The smallest absolute Gasteiger partial charge is 0.223 e. The molecule has 0 N–H and O–H groups in total. The lowest BCUT2D eigenvalue weighted by Crippen LogP contribution is -2.39. The molecular formula is C21H26N4OS. The summed E-state index contributed by atoms with van der Waals surface area (Å²) >= 11 is 1.55. The van der Waals surface area contributed by atoms with Crippen LogP contribution in [-0.4, -0.2) is 39.8 Å². The van der Waals surface area contributed by atoms with Gasteiger partial charge in [-0.25, -0.2) is 4.98 Å². The fraction of sp³-hybridized carbons (Fsp3) is 0.571. The molecule has 0 spiro atoms. The molecule has 6 heteroatoms.